The van der Waals surface area contributed by atoms with Crippen LogP contribution < -0.4 is 4.90 Å². The van der Waals surface area contributed by atoms with E-state index in [2.05, 4.69) is 6.92 Å². The van der Waals surface area contributed by atoms with Gasteiger partial charge in [0.25, 0.3) is 0 Å². The number of hydrogen-bond acceptors (Lipinski definition) is 5. The highest BCUT2D eigenvalue weighted by Crippen LogP contribution is 2.53. The van der Waals surface area contributed by atoms with Gasteiger partial charge in [0.15, 0.2) is 0 Å². The molecule has 2 N–H and O–H groups in total. The van der Waals surface area contributed by atoms with Crippen LogP contribution in [0.25, 0.3) is 10.8 Å². The van der Waals surface area contributed by atoms with E-state index in [9.17, 15) is 19.7 Å². The summed E-state index contributed by atoms with van der Waals surface area (Å²) in [6.45, 7) is 2.08. The maximum Gasteiger partial charge on any atom is 0.487 e. The van der Waals surface area contributed by atoms with Gasteiger partial charge in [0.2, 0.25) is 11.8 Å². The maximum absolute atomic E-state index is 13.8. The van der Waals surface area contributed by atoms with Crippen molar-refractivity contribution in [2.24, 2.45) is 17.8 Å². The third-order valence-corrected chi connectivity index (χ3v) is 8.06. The highest BCUT2D eigenvalue weighted by atomic mass is 16.5. The molecule has 6 rings (SSSR count). The lowest BCUT2D eigenvalue weighted by molar-refractivity contribution is -0.123. The van der Waals surface area contributed by atoms with Gasteiger partial charge in [-0.25, -0.2) is 0 Å². The lowest BCUT2D eigenvalue weighted by atomic mass is 9.54. The molecule has 0 saturated carbocycles. The van der Waals surface area contributed by atoms with E-state index < -0.39 is 25.1 Å². The Labute approximate surface area is 210 Å². The molecule has 0 aromatic heterocycles. The molecule has 1 aliphatic carbocycles. The highest BCUT2D eigenvalue weighted by molar-refractivity contribution is 6.53. The van der Waals surface area contributed by atoms with Crippen LogP contribution in [-0.4, -0.2) is 29.1 Å². The first-order valence-corrected chi connectivity index (χ1v) is 12.7. The average Bonchev–Trinajstić information content (AvgIpc) is 3.14. The summed E-state index contributed by atoms with van der Waals surface area (Å²) in [5.74, 6) is -1.43. The van der Waals surface area contributed by atoms with Gasteiger partial charge in [-0.2, -0.15) is 0 Å². The second-order valence-electron chi connectivity index (χ2n) is 10.0. The molecule has 6 nitrogen and oxygen atoms in total. The predicted octanol–water partition coefficient (Wildman–Crippen LogP) is 4.95. The summed E-state index contributed by atoms with van der Waals surface area (Å²) in [4.78, 5) is 28.7. The quantitative estimate of drug-likeness (QED) is 0.407. The van der Waals surface area contributed by atoms with Gasteiger partial charge in [0.1, 0.15) is 5.75 Å². The van der Waals surface area contributed by atoms with Crippen LogP contribution in [0, 0.1) is 17.8 Å². The molecule has 2 fully saturated rings. The van der Waals surface area contributed by atoms with Gasteiger partial charge in [0.05, 0.1) is 23.6 Å². The molecule has 3 aliphatic rings. The Morgan fingerprint density at radius 3 is 2.42 bits per heavy atom. The van der Waals surface area contributed by atoms with E-state index >= 15 is 0 Å². The van der Waals surface area contributed by atoms with Gasteiger partial charge in [0, 0.05) is 5.39 Å². The summed E-state index contributed by atoms with van der Waals surface area (Å²) >= 11 is 0. The zero-order valence-corrected chi connectivity index (χ0v) is 20.1. The normalized spacial score (nSPS) is 25.9. The number of hydrogen-bond donors (Lipinski definition) is 2. The summed E-state index contributed by atoms with van der Waals surface area (Å²) in [7, 11) is -1.14. The van der Waals surface area contributed by atoms with E-state index in [1.807, 2.05) is 48.5 Å². The number of aromatic hydroxyl groups is 1. The van der Waals surface area contributed by atoms with Crippen LogP contribution in [-0.2, 0) is 14.2 Å². The summed E-state index contributed by atoms with van der Waals surface area (Å²) in [5.41, 5.74) is 3.28. The minimum absolute atomic E-state index is 0.156. The highest BCUT2D eigenvalue weighted by Gasteiger charge is 2.58. The number of nitrogens with zero attached hydrogens (tertiary/aromatic N) is 1. The number of benzene rings is 3. The number of fused-ring (bicyclic) bond motifs is 4. The van der Waals surface area contributed by atoms with Crippen molar-refractivity contribution >= 4 is 35.4 Å². The predicted molar refractivity (Wildman–Crippen MR) is 138 cm³/mol. The van der Waals surface area contributed by atoms with Crippen molar-refractivity contribution in [3.05, 3.63) is 83.3 Å². The molecule has 4 atom stereocenters. The second kappa shape index (κ2) is 8.91. The molecule has 3 aromatic carbocycles. The van der Waals surface area contributed by atoms with Gasteiger partial charge in [-0.3, -0.25) is 14.5 Å². The largest absolute Gasteiger partial charge is 0.507 e. The molecule has 7 heteroatoms. The molecular formula is C29H28BNO5. The molecule has 2 aliphatic heterocycles. The molecule has 36 heavy (non-hydrogen) atoms. The number of amides is 2. The molecule has 0 bridgehead atoms. The molecule has 3 aromatic rings. The van der Waals surface area contributed by atoms with Crippen molar-refractivity contribution in [3.63, 3.8) is 0 Å². The Bertz CT molecular complexity index is 1390. The van der Waals surface area contributed by atoms with Crippen molar-refractivity contribution < 1.29 is 24.4 Å². The minimum atomic E-state index is -1.14. The van der Waals surface area contributed by atoms with Crippen LogP contribution in [0.15, 0.2) is 77.8 Å². The van der Waals surface area contributed by atoms with Crippen LogP contribution in [0.1, 0.15) is 44.3 Å². The van der Waals surface area contributed by atoms with Gasteiger partial charge in [-0.05, 0) is 59.8 Å². The van der Waals surface area contributed by atoms with E-state index in [0.29, 0.717) is 23.9 Å². The van der Waals surface area contributed by atoms with Crippen LogP contribution in [0.3, 0.4) is 0 Å². The lowest BCUT2D eigenvalue weighted by Crippen LogP contribution is -2.45. The van der Waals surface area contributed by atoms with Crippen molar-refractivity contribution in [1.82, 2.24) is 0 Å². The number of imide groups is 1. The number of phenolic OH excluding ortho intramolecular Hbond substituents is 1. The Kier molecular flexibility index (Phi) is 5.70. The number of carbonyl (C=O) groups is 2. The van der Waals surface area contributed by atoms with Crippen LogP contribution >= 0.6 is 0 Å². The van der Waals surface area contributed by atoms with Gasteiger partial charge in [-0.1, -0.05) is 67.4 Å². The van der Waals surface area contributed by atoms with Crippen molar-refractivity contribution in [2.45, 2.75) is 38.7 Å². The van der Waals surface area contributed by atoms with E-state index in [0.717, 1.165) is 34.8 Å². The number of phenols is 1. The number of carbonyl (C=O) groups excluding carboxylic acids is 2. The SMILES string of the molecule is CCCC1=C2B(O)O[C@H](c3ccc(O)c4ccccc34)C[C@H]2[C@H]2C(=O)N(c3ccccc3)C(=O)[C@H]2C1. The fourth-order valence-corrected chi connectivity index (χ4v) is 6.57. The number of rotatable bonds is 4. The zero-order valence-electron chi connectivity index (χ0n) is 20.1. The summed E-state index contributed by atoms with van der Waals surface area (Å²) in [5, 5.41) is 23.2. The molecule has 0 radical (unpaired) electrons. The Hall–Kier alpha value is -3.42. The van der Waals surface area contributed by atoms with Crippen molar-refractivity contribution in [1.29, 1.82) is 0 Å². The first kappa shape index (κ1) is 23.0. The second-order valence-corrected chi connectivity index (χ2v) is 10.0. The number of para-hydroxylation sites is 1. The van der Waals surface area contributed by atoms with Crippen molar-refractivity contribution in [3.8, 4) is 5.75 Å². The molecular weight excluding hydrogens is 453 g/mol. The molecule has 182 valence electrons. The fraction of sp³-hybridized carbons (Fsp3) is 0.310. The molecule has 2 heterocycles. The Balaban J connectivity index is 1.43. The Morgan fingerprint density at radius 2 is 1.67 bits per heavy atom. The van der Waals surface area contributed by atoms with Gasteiger partial charge < -0.3 is 14.8 Å². The molecule has 2 amide bonds. The van der Waals surface area contributed by atoms with Gasteiger partial charge >= 0.3 is 7.12 Å². The topological polar surface area (TPSA) is 87.1 Å². The van der Waals surface area contributed by atoms with Crippen LogP contribution in [0.4, 0.5) is 5.69 Å². The third-order valence-electron chi connectivity index (χ3n) is 8.06. The van der Waals surface area contributed by atoms with E-state index in [-0.39, 0.29) is 23.5 Å². The first-order valence-electron chi connectivity index (χ1n) is 12.7. The van der Waals surface area contributed by atoms with E-state index in [1.54, 1.807) is 18.2 Å². The summed E-state index contributed by atoms with van der Waals surface area (Å²) in [6.07, 6.45) is 2.12. The molecule has 2 saturated heterocycles. The lowest BCUT2D eigenvalue weighted by Gasteiger charge is -2.42. The summed E-state index contributed by atoms with van der Waals surface area (Å²) in [6, 6.07) is 20.1. The zero-order chi connectivity index (χ0) is 25.0. The van der Waals surface area contributed by atoms with Crippen LogP contribution in [0.5, 0.6) is 5.75 Å². The minimum Gasteiger partial charge on any atom is -0.507 e. The Morgan fingerprint density at radius 1 is 0.944 bits per heavy atom. The van der Waals surface area contributed by atoms with Gasteiger partial charge in [-0.15, -0.1) is 0 Å². The third kappa shape index (κ3) is 3.49. The molecule has 0 unspecified atom stereocenters. The summed E-state index contributed by atoms with van der Waals surface area (Å²) < 4.78 is 6.19. The smallest absolute Gasteiger partial charge is 0.487 e. The average molecular weight is 481 g/mol. The monoisotopic (exact) mass is 481 g/mol. The fourth-order valence-electron chi connectivity index (χ4n) is 6.57. The van der Waals surface area contributed by atoms with E-state index in [4.69, 9.17) is 4.65 Å². The standard InChI is InChI=1S/C29H28BNO5/c1-2-8-17-15-23-26(29(34)31(28(23)33)18-9-4-3-5-10-18)22-16-25(36-30(35)27(17)22)21-13-14-24(32)20-12-7-6-11-19(20)21/h3-7,9-14,22-23,25-26,32,35H,2,8,15-16H2,1H3/t22-,23-,25-,26+/m0/s1. The molecule has 0 spiro atoms. The van der Waals surface area contributed by atoms with Crippen molar-refractivity contribution in [2.75, 3.05) is 4.90 Å². The van der Waals surface area contributed by atoms with Crippen LogP contribution in [0.2, 0.25) is 0 Å². The van der Waals surface area contributed by atoms with E-state index in [1.165, 1.54) is 4.90 Å². The maximum atomic E-state index is 13.8. The first-order chi connectivity index (χ1) is 17.5. The number of allylic oxidation sites excluding steroid dienone is 2. The number of anilines is 1.